The van der Waals surface area contributed by atoms with E-state index in [0.29, 0.717) is 36.3 Å². The van der Waals surface area contributed by atoms with Gasteiger partial charge in [-0.15, -0.1) is 24.8 Å². The van der Waals surface area contributed by atoms with E-state index in [0.717, 1.165) is 36.1 Å². The molecule has 7 nitrogen and oxygen atoms in total. The molecular weight excluding hydrogens is 401 g/mol. The number of fused-ring (bicyclic) bond motifs is 1. The van der Waals surface area contributed by atoms with Gasteiger partial charge in [-0.1, -0.05) is 12.8 Å². The van der Waals surface area contributed by atoms with Crippen molar-refractivity contribution in [1.29, 1.82) is 0 Å². The minimum atomic E-state index is -0.133. The van der Waals surface area contributed by atoms with E-state index in [1.165, 1.54) is 6.42 Å². The van der Waals surface area contributed by atoms with Gasteiger partial charge in [0.1, 0.15) is 0 Å². The average Bonchev–Trinajstić information content (AvgIpc) is 2.89. The number of halogens is 2. The summed E-state index contributed by atoms with van der Waals surface area (Å²) in [5.74, 6) is 0.438. The van der Waals surface area contributed by atoms with E-state index in [4.69, 9.17) is 5.73 Å². The maximum atomic E-state index is 12.5. The smallest absolute Gasteiger partial charge is 0.273 e. The summed E-state index contributed by atoms with van der Waals surface area (Å²) in [4.78, 5) is 29.2. The van der Waals surface area contributed by atoms with Gasteiger partial charge in [0, 0.05) is 25.2 Å². The molecule has 3 rings (SSSR count). The molecule has 28 heavy (non-hydrogen) atoms. The van der Waals surface area contributed by atoms with E-state index in [2.05, 4.69) is 15.4 Å². The quantitative estimate of drug-likeness (QED) is 0.674. The first-order valence-corrected chi connectivity index (χ1v) is 9.46. The molecule has 2 unspecified atom stereocenters. The van der Waals surface area contributed by atoms with Gasteiger partial charge in [-0.2, -0.15) is 0 Å². The molecule has 1 aliphatic carbocycles. The van der Waals surface area contributed by atoms with Gasteiger partial charge in [-0.05, 0) is 56.7 Å². The summed E-state index contributed by atoms with van der Waals surface area (Å²) in [7, 11) is 1.78. The van der Waals surface area contributed by atoms with Gasteiger partial charge in [0.25, 0.3) is 5.56 Å². The minimum absolute atomic E-state index is 0. The van der Waals surface area contributed by atoms with Crippen molar-refractivity contribution in [1.82, 2.24) is 20.1 Å². The molecule has 1 aliphatic rings. The molecule has 0 radical (unpaired) electrons. The molecule has 0 spiro atoms. The van der Waals surface area contributed by atoms with Crippen LogP contribution in [0.4, 0.5) is 0 Å². The molecule has 4 N–H and O–H groups in total. The zero-order valence-corrected chi connectivity index (χ0v) is 18.3. The molecule has 2 heterocycles. The number of aromatic amines is 1. The Morgan fingerprint density at radius 2 is 1.96 bits per heavy atom. The molecule has 2 aromatic rings. The normalized spacial score (nSPS) is 19.0. The number of aryl methyl sites for hydroxylation is 3. The summed E-state index contributed by atoms with van der Waals surface area (Å²) in [6.07, 6.45) is 5.44. The molecule has 1 saturated carbocycles. The van der Waals surface area contributed by atoms with Gasteiger partial charge >= 0.3 is 0 Å². The molecule has 158 valence electrons. The fraction of sp³-hybridized carbons (Fsp3) is 0.632. The third-order valence-corrected chi connectivity index (χ3v) is 5.74. The number of amides is 1. The van der Waals surface area contributed by atoms with E-state index in [1.807, 2.05) is 13.8 Å². The number of carbonyl (C=O) groups is 1. The number of nitrogens with two attached hydrogens (primary N) is 1. The first kappa shape index (κ1) is 24.5. The lowest BCUT2D eigenvalue weighted by Crippen LogP contribution is -2.44. The monoisotopic (exact) mass is 431 g/mol. The number of hydrogen-bond acceptors (Lipinski definition) is 4. The lowest BCUT2D eigenvalue weighted by molar-refractivity contribution is -0.122. The second-order valence-electron chi connectivity index (χ2n) is 7.45. The van der Waals surface area contributed by atoms with Crippen LogP contribution in [0.15, 0.2) is 4.79 Å². The van der Waals surface area contributed by atoms with E-state index in [-0.39, 0.29) is 42.3 Å². The van der Waals surface area contributed by atoms with Crippen molar-refractivity contribution in [2.24, 2.45) is 18.7 Å². The van der Waals surface area contributed by atoms with Gasteiger partial charge in [0.05, 0.1) is 5.39 Å². The van der Waals surface area contributed by atoms with Crippen LogP contribution in [0.2, 0.25) is 0 Å². The maximum absolute atomic E-state index is 12.5. The Bertz CT molecular complexity index is 877. The fourth-order valence-electron chi connectivity index (χ4n) is 4.21. The molecule has 9 heteroatoms. The Labute approximate surface area is 177 Å². The van der Waals surface area contributed by atoms with Crippen molar-refractivity contribution < 1.29 is 4.79 Å². The van der Waals surface area contributed by atoms with Gasteiger partial charge in [-0.3, -0.25) is 19.4 Å². The van der Waals surface area contributed by atoms with E-state index in [1.54, 1.807) is 11.7 Å². The topological polar surface area (TPSA) is 106 Å². The number of pyridine rings is 1. The summed E-state index contributed by atoms with van der Waals surface area (Å²) in [5, 5.41) is 6.53. The van der Waals surface area contributed by atoms with Crippen molar-refractivity contribution in [3.63, 3.8) is 0 Å². The molecule has 0 bridgehead atoms. The highest BCUT2D eigenvalue weighted by molar-refractivity contribution is 5.85. The van der Waals surface area contributed by atoms with Crippen LogP contribution in [0, 0.1) is 19.8 Å². The number of rotatable bonds is 5. The number of aromatic nitrogens is 3. The molecule has 0 saturated heterocycles. The van der Waals surface area contributed by atoms with Crippen LogP contribution >= 0.6 is 24.8 Å². The predicted octanol–water partition coefficient (Wildman–Crippen LogP) is 2.29. The summed E-state index contributed by atoms with van der Waals surface area (Å²) < 4.78 is 1.64. The van der Waals surface area contributed by atoms with Crippen molar-refractivity contribution in [3.8, 4) is 0 Å². The first-order valence-electron chi connectivity index (χ1n) is 9.46. The van der Waals surface area contributed by atoms with Crippen LogP contribution in [0.25, 0.3) is 11.0 Å². The minimum Gasteiger partial charge on any atom is -0.353 e. The lowest BCUT2D eigenvalue weighted by Gasteiger charge is -2.31. The average molecular weight is 432 g/mol. The Morgan fingerprint density at radius 1 is 1.29 bits per heavy atom. The Morgan fingerprint density at radius 3 is 2.64 bits per heavy atom. The summed E-state index contributed by atoms with van der Waals surface area (Å²) in [6, 6.07) is 0.195. The van der Waals surface area contributed by atoms with Crippen LogP contribution in [-0.2, 0) is 18.3 Å². The summed E-state index contributed by atoms with van der Waals surface area (Å²) in [5.41, 5.74) is 9.15. The lowest BCUT2D eigenvalue weighted by atomic mass is 9.84. The fourth-order valence-corrected chi connectivity index (χ4v) is 4.21. The molecule has 0 aliphatic heterocycles. The van der Waals surface area contributed by atoms with Crippen LogP contribution < -0.4 is 16.6 Å². The second-order valence-corrected chi connectivity index (χ2v) is 7.45. The standard InChI is InChI=1S/C19H29N5O2.2ClH/c1-11-14(12(2)21-18-17(11)19(26)23-24(18)3)8-9-16(25)22-15-7-5-4-6-13(15)10-20;;/h13,15H,4-10,20H2,1-3H3,(H,22,25)(H,23,26);2*1H. The summed E-state index contributed by atoms with van der Waals surface area (Å²) >= 11 is 0. The SMILES string of the molecule is Cc1nc2c(c(C)c1CCC(=O)NC1CCCCC1CN)c(=O)[nH]n2C.Cl.Cl. The number of nitrogens with one attached hydrogen (secondary N) is 2. The highest BCUT2D eigenvalue weighted by Gasteiger charge is 2.25. The molecule has 2 aromatic heterocycles. The zero-order valence-electron chi connectivity index (χ0n) is 16.7. The molecule has 0 aromatic carbocycles. The highest BCUT2D eigenvalue weighted by Crippen LogP contribution is 2.24. The van der Waals surface area contributed by atoms with Crippen LogP contribution in [-0.4, -0.2) is 33.3 Å². The Kier molecular flexibility index (Phi) is 8.98. The van der Waals surface area contributed by atoms with Crippen molar-refractivity contribution >= 4 is 41.8 Å². The van der Waals surface area contributed by atoms with Gasteiger partial charge in [0.15, 0.2) is 5.65 Å². The van der Waals surface area contributed by atoms with E-state index in [9.17, 15) is 9.59 Å². The third kappa shape index (κ3) is 4.88. The number of H-pyrrole nitrogens is 1. The van der Waals surface area contributed by atoms with Crippen molar-refractivity contribution in [2.75, 3.05) is 6.54 Å². The van der Waals surface area contributed by atoms with Crippen LogP contribution in [0.3, 0.4) is 0 Å². The van der Waals surface area contributed by atoms with E-state index >= 15 is 0 Å². The maximum Gasteiger partial charge on any atom is 0.273 e. The Hall–Kier alpha value is -1.57. The van der Waals surface area contributed by atoms with Crippen molar-refractivity contribution in [3.05, 3.63) is 27.2 Å². The largest absolute Gasteiger partial charge is 0.353 e. The number of carbonyl (C=O) groups excluding carboxylic acids is 1. The second kappa shape index (κ2) is 10.3. The predicted molar refractivity (Wildman–Crippen MR) is 117 cm³/mol. The van der Waals surface area contributed by atoms with Gasteiger partial charge < -0.3 is 11.1 Å². The molecule has 1 fully saturated rings. The van der Waals surface area contributed by atoms with E-state index < -0.39 is 0 Å². The zero-order chi connectivity index (χ0) is 18.8. The molecular formula is C19H31Cl2N5O2. The highest BCUT2D eigenvalue weighted by atomic mass is 35.5. The third-order valence-electron chi connectivity index (χ3n) is 5.74. The first-order chi connectivity index (χ1) is 12.4. The molecule has 2 atom stereocenters. The van der Waals surface area contributed by atoms with Crippen LogP contribution in [0.5, 0.6) is 0 Å². The van der Waals surface area contributed by atoms with Gasteiger partial charge in [-0.25, -0.2) is 4.98 Å². The summed E-state index contributed by atoms with van der Waals surface area (Å²) in [6.45, 7) is 4.49. The number of nitrogens with zero attached hydrogens (tertiary/aromatic N) is 2. The van der Waals surface area contributed by atoms with Crippen LogP contribution in [0.1, 0.15) is 48.9 Å². The Balaban J connectivity index is 0.00000196. The molecule has 1 amide bonds. The number of hydrogen-bond donors (Lipinski definition) is 3. The van der Waals surface area contributed by atoms with Crippen molar-refractivity contribution in [2.45, 2.75) is 58.4 Å². The van der Waals surface area contributed by atoms with Gasteiger partial charge in [0.2, 0.25) is 5.91 Å².